The van der Waals surface area contributed by atoms with E-state index in [1.54, 1.807) is 15.8 Å². The average Bonchev–Trinajstić information content (AvgIpc) is 2.94. The van der Waals surface area contributed by atoms with E-state index in [1.165, 1.54) is 11.3 Å². The summed E-state index contributed by atoms with van der Waals surface area (Å²) in [6.07, 6.45) is 4.06. The van der Waals surface area contributed by atoms with Gasteiger partial charge in [0, 0.05) is 24.0 Å². The first-order valence-electron chi connectivity index (χ1n) is 6.34. The molecule has 0 radical (unpaired) electrons. The smallest absolute Gasteiger partial charge is 0.244 e. The summed E-state index contributed by atoms with van der Waals surface area (Å²) in [7, 11) is -3.36. The van der Waals surface area contributed by atoms with Crippen LogP contribution in [0.15, 0.2) is 21.7 Å². The number of fused-ring (bicyclic) bond motifs is 3. The molecule has 2 N–H and O–H groups in total. The van der Waals surface area contributed by atoms with Crippen LogP contribution in [0.25, 0.3) is 0 Å². The number of thiophene rings is 1. The Bertz CT molecular complexity index is 516. The summed E-state index contributed by atoms with van der Waals surface area (Å²) in [6, 6.07) is 1.69. The minimum Gasteiger partial charge on any atom is -0.329 e. The van der Waals surface area contributed by atoms with Crippen LogP contribution in [-0.2, 0) is 10.0 Å². The Hall–Kier alpha value is -0.430. The first kappa shape index (κ1) is 12.6. The number of piperidine rings is 2. The highest BCUT2D eigenvalue weighted by Crippen LogP contribution is 2.45. The van der Waals surface area contributed by atoms with Gasteiger partial charge in [-0.05, 0) is 43.0 Å². The first-order valence-corrected chi connectivity index (χ1v) is 8.72. The molecule has 1 aliphatic carbocycles. The summed E-state index contributed by atoms with van der Waals surface area (Å²) < 4.78 is 27.1. The Morgan fingerprint density at radius 1 is 1.44 bits per heavy atom. The Balaban J connectivity index is 2.01. The zero-order valence-electron chi connectivity index (χ0n) is 10.2. The van der Waals surface area contributed by atoms with Crippen LogP contribution in [-0.4, -0.2) is 31.4 Å². The van der Waals surface area contributed by atoms with Gasteiger partial charge in [0.2, 0.25) is 10.0 Å². The number of rotatable bonds is 3. The molecule has 3 heterocycles. The predicted octanol–water partition coefficient (Wildman–Crippen LogP) is 1.64. The van der Waals surface area contributed by atoms with Gasteiger partial charge in [-0.25, -0.2) is 8.42 Å². The Morgan fingerprint density at radius 2 is 2.17 bits per heavy atom. The number of hydrogen-bond donors (Lipinski definition) is 1. The maximum atomic E-state index is 12.7. The molecule has 3 aliphatic rings. The van der Waals surface area contributed by atoms with Crippen LogP contribution in [0.1, 0.15) is 25.7 Å². The summed E-state index contributed by atoms with van der Waals surface area (Å²) in [5.41, 5.74) is 5.59. The zero-order chi connectivity index (χ0) is 12.8. The number of hydrogen-bond acceptors (Lipinski definition) is 4. The van der Waals surface area contributed by atoms with E-state index in [9.17, 15) is 8.42 Å². The second kappa shape index (κ2) is 4.30. The quantitative estimate of drug-likeness (QED) is 0.919. The SMILES string of the molecule is NCC12CCC(CC1)CN2S(=O)(=O)c1ccsc1. The van der Waals surface area contributed by atoms with E-state index < -0.39 is 10.0 Å². The largest absolute Gasteiger partial charge is 0.329 e. The van der Waals surface area contributed by atoms with E-state index in [4.69, 9.17) is 5.73 Å². The molecule has 18 heavy (non-hydrogen) atoms. The highest BCUT2D eigenvalue weighted by Gasteiger charge is 2.50. The third-order valence-electron chi connectivity index (χ3n) is 4.45. The van der Waals surface area contributed by atoms with Crippen LogP contribution in [0.4, 0.5) is 0 Å². The normalized spacial score (nSPS) is 32.8. The topological polar surface area (TPSA) is 63.4 Å². The van der Waals surface area contributed by atoms with Crippen molar-refractivity contribution in [1.29, 1.82) is 0 Å². The monoisotopic (exact) mass is 286 g/mol. The molecule has 0 unspecified atom stereocenters. The second-order valence-electron chi connectivity index (χ2n) is 5.37. The fourth-order valence-electron chi connectivity index (χ4n) is 3.26. The lowest BCUT2D eigenvalue weighted by atomic mass is 9.72. The molecule has 1 saturated carbocycles. The Labute approximate surface area is 112 Å². The lowest BCUT2D eigenvalue weighted by Crippen LogP contribution is -2.63. The minimum atomic E-state index is -3.36. The van der Waals surface area contributed by atoms with Gasteiger partial charge in [-0.2, -0.15) is 15.6 Å². The molecule has 0 aromatic carbocycles. The predicted molar refractivity (Wildman–Crippen MR) is 72.0 cm³/mol. The van der Waals surface area contributed by atoms with E-state index in [0.29, 0.717) is 23.9 Å². The summed E-state index contributed by atoms with van der Waals surface area (Å²) in [5.74, 6) is 0.520. The Morgan fingerprint density at radius 3 is 2.72 bits per heavy atom. The van der Waals surface area contributed by atoms with E-state index in [0.717, 1.165) is 25.7 Å². The molecule has 4 rings (SSSR count). The van der Waals surface area contributed by atoms with E-state index in [-0.39, 0.29) is 5.54 Å². The average molecular weight is 286 g/mol. The van der Waals surface area contributed by atoms with Gasteiger partial charge in [0.25, 0.3) is 0 Å². The molecule has 0 atom stereocenters. The first-order chi connectivity index (χ1) is 8.58. The van der Waals surface area contributed by atoms with Gasteiger partial charge >= 0.3 is 0 Å². The van der Waals surface area contributed by atoms with Gasteiger partial charge in [0.05, 0.1) is 4.90 Å². The van der Waals surface area contributed by atoms with Crippen molar-refractivity contribution >= 4 is 21.4 Å². The number of nitrogens with two attached hydrogens (primary N) is 1. The lowest BCUT2D eigenvalue weighted by Gasteiger charge is -2.53. The second-order valence-corrected chi connectivity index (χ2v) is 8.01. The van der Waals surface area contributed by atoms with Crippen molar-refractivity contribution in [2.45, 2.75) is 36.1 Å². The summed E-state index contributed by atoms with van der Waals surface area (Å²) in [6.45, 7) is 1.08. The van der Waals surface area contributed by atoms with Gasteiger partial charge in [0.1, 0.15) is 0 Å². The van der Waals surface area contributed by atoms with Gasteiger partial charge in [0.15, 0.2) is 0 Å². The molecule has 100 valence electrons. The van der Waals surface area contributed by atoms with E-state index >= 15 is 0 Å². The molecule has 1 aromatic heterocycles. The van der Waals surface area contributed by atoms with Crippen LogP contribution in [0.3, 0.4) is 0 Å². The maximum absolute atomic E-state index is 12.7. The van der Waals surface area contributed by atoms with Gasteiger partial charge in [-0.15, -0.1) is 0 Å². The van der Waals surface area contributed by atoms with Crippen molar-refractivity contribution in [3.8, 4) is 0 Å². The molecule has 2 bridgehead atoms. The molecule has 0 amide bonds. The molecule has 2 saturated heterocycles. The standard InChI is InChI=1S/C12H18N2O2S2/c13-9-12-4-1-10(2-5-12)7-14(12)18(15,16)11-3-6-17-8-11/h3,6,8,10H,1-2,4-5,7,9,13H2. The van der Waals surface area contributed by atoms with Crippen molar-refractivity contribution in [3.05, 3.63) is 16.8 Å². The zero-order valence-corrected chi connectivity index (χ0v) is 11.8. The lowest BCUT2D eigenvalue weighted by molar-refractivity contribution is 0.0355. The van der Waals surface area contributed by atoms with Crippen molar-refractivity contribution in [1.82, 2.24) is 4.31 Å². The molecule has 4 nitrogen and oxygen atoms in total. The molecule has 0 spiro atoms. The van der Waals surface area contributed by atoms with Crippen molar-refractivity contribution in [3.63, 3.8) is 0 Å². The molecule has 6 heteroatoms. The summed E-state index contributed by atoms with van der Waals surface area (Å²) in [5, 5.41) is 3.52. The fraction of sp³-hybridized carbons (Fsp3) is 0.667. The van der Waals surface area contributed by atoms with Crippen LogP contribution in [0.5, 0.6) is 0 Å². The van der Waals surface area contributed by atoms with E-state index in [1.807, 2.05) is 5.38 Å². The number of nitrogens with zero attached hydrogens (tertiary/aromatic N) is 1. The third kappa shape index (κ3) is 1.74. The number of sulfonamides is 1. The van der Waals surface area contributed by atoms with Gasteiger partial charge in [-0.3, -0.25) is 0 Å². The van der Waals surface area contributed by atoms with Crippen LogP contribution in [0.2, 0.25) is 0 Å². The summed E-state index contributed by atoms with van der Waals surface area (Å²) >= 11 is 1.42. The molecule has 1 aromatic rings. The van der Waals surface area contributed by atoms with Gasteiger partial charge in [-0.1, -0.05) is 0 Å². The third-order valence-corrected chi connectivity index (χ3v) is 7.25. The molecular weight excluding hydrogens is 268 g/mol. The van der Waals surface area contributed by atoms with Crippen molar-refractivity contribution in [2.75, 3.05) is 13.1 Å². The summed E-state index contributed by atoms with van der Waals surface area (Å²) in [4.78, 5) is 0.424. The van der Waals surface area contributed by atoms with Crippen molar-refractivity contribution in [2.24, 2.45) is 11.7 Å². The van der Waals surface area contributed by atoms with Crippen LogP contribution < -0.4 is 5.73 Å². The molecule has 2 aliphatic heterocycles. The maximum Gasteiger partial charge on any atom is 0.244 e. The van der Waals surface area contributed by atoms with Crippen molar-refractivity contribution < 1.29 is 8.42 Å². The fourth-order valence-corrected chi connectivity index (χ4v) is 6.18. The molecule has 3 fully saturated rings. The van der Waals surface area contributed by atoms with E-state index in [2.05, 4.69) is 0 Å². The Kier molecular flexibility index (Phi) is 3.01. The van der Waals surface area contributed by atoms with Crippen LogP contribution in [0, 0.1) is 5.92 Å². The van der Waals surface area contributed by atoms with Crippen LogP contribution >= 0.6 is 11.3 Å². The minimum absolute atomic E-state index is 0.324. The molecular formula is C12H18N2O2S2. The van der Waals surface area contributed by atoms with Gasteiger partial charge < -0.3 is 5.73 Å². The highest BCUT2D eigenvalue weighted by molar-refractivity contribution is 7.89. The highest BCUT2D eigenvalue weighted by atomic mass is 32.2.